The number of hydrogen-bond donors (Lipinski definition) is 1. The Kier molecular flexibility index (Phi) is 5.64. The molecule has 1 aromatic rings. The third-order valence-corrected chi connectivity index (χ3v) is 2.85. The molecule has 3 heteroatoms. The summed E-state index contributed by atoms with van der Waals surface area (Å²) in [4.78, 5) is 0. The standard InChI is InChI=1S/C13H20ClNO/c1-4-11(3)15-7-8-16-13-6-5-10(2)9-12(13)14/h5-6,9,11,15H,4,7-8H2,1-3H3/t11-/m1/s1. The Morgan fingerprint density at radius 2 is 2.19 bits per heavy atom. The zero-order chi connectivity index (χ0) is 12.0. The fourth-order valence-electron chi connectivity index (χ4n) is 1.33. The average molecular weight is 242 g/mol. The van der Waals surface area contributed by atoms with Crippen LogP contribution in [0.3, 0.4) is 0 Å². The van der Waals surface area contributed by atoms with Crippen LogP contribution in [0.15, 0.2) is 18.2 Å². The molecule has 0 radical (unpaired) electrons. The van der Waals surface area contributed by atoms with Crippen molar-refractivity contribution in [1.29, 1.82) is 0 Å². The molecule has 1 rings (SSSR count). The summed E-state index contributed by atoms with van der Waals surface area (Å²) < 4.78 is 5.59. The minimum Gasteiger partial charge on any atom is -0.491 e. The topological polar surface area (TPSA) is 21.3 Å². The lowest BCUT2D eigenvalue weighted by atomic mass is 10.2. The predicted molar refractivity (Wildman–Crippen MR) is 69.4 cm³/mol. The highest BCUT2D eigenvalue weighted by Crippen LogP contribution is 2.24. The van der Waals surface area contributed by atoms with Crippen LogP contribution in [0.4, 0.5) is 0 Å². The molecule has 0 heterocycles. The summed E-state index contributed by atoms with van der Waals surface area (Å²) in [6.45, 7) is 7.83. The van der Waals surface area contributed by atoms with Crippen molar-refractivity contribution in [2.24, 2.45) is 0 Å². The first kappa shape index (κ1) is 13.3. The van der Waals surface area contributed by atoms with Gasteiger partial charge in [0.05, 0.1) is 5.02 Å². The summed E-state index contributed by atoms with van der Waals surface area (Å²) in [7, 11) is 0. The molecule has 90 valence electrons. The van der Waals surface area contributed by atoms with Gasteiger partial charge in [-0.25, -0.2) is 0 Å². The number of hydrogen-bond acceptors (Lipinski definition) is 2. The van der Waals surface area contributed by atoms with Gasteiger partial charge in [0.15, 0.2) is 0 Å². The van der Waals surface area contributed by atoms with Crippen molar-refractivity contribution < 1.29 is 4.74 Å². The number of aryl methyl sites for hydroxylation is 1. The first-order valence-corrected chi connectivity index (χ1v) is 6.13. The molecule has 1 atom stereocenters. The van der Waals surface area contributed by atoms with Gasteiger partial charge in [0.1, 0.15) is 12.4 Å². The maximum absolute atomic E-state index is 6.05. The molecule has 0 saturated heterocycles. The van der Waals surface area contributed by atoms with Crippen LogP contribution in [0.2, 0.25) is 5.02 Å². The molecular formula is C13H20ClNO. The Hall–Kier alpha value is -0.730. The van der Waals surface area contributed by atoms with E-state index >= 15 is 0 Å². The van der Waals surface area contributed by atoms with Crippen LogP contribution in [0, 0.1) is 6.92 Å². The van der Waals surface area contributed by atoms with Gasteiger partial charge in [-0.2, -0.15) is 0 Å². The molecule has 0 unspecified atom stereocenters. The number of ether oxygens (including phenoxy) is 1. The van der Waals surface area contributed by atoms with Crippen LogP contribution in [0.25, 0.3) is 0 Å². The second-order valence-electron chi connectivity index (χ2n) is 4.05. The molecule has 0 aliphatic carbocycles. The van der Waals surface area contributed by atoms with E-state index in [2.05, 4.69) is 19.2 Å². The molecule has 2 nitrogen and oxygen atoms in total. The van der Waals surface area contributed by atoms with Crippen LogP contribution in [-0.4, -0.2) is 19.2 Å². The van der Waals surface area contributed by atoms with Gasteiger partial charge in [0.2, 0.25) is 0 Å². The van der Waals surface area contributed by atoms with E-state index in [0.29, 0.717) is 17.7 Å². The lowest BCUT2D eigenvalue weighted by Gasteiger charge is -2.12. The number of nitrogens with one attached hydrogen (secondary N) is 1. The van der Waals surface area contributed by atoms with Gasteiger partial charge in [-0.05, 0) is 38.0 Å². The summed E-state index contributed by atoms with van der Waals surface area (Å²) in [6, 6.07) is 6.38. The van der Waals surface area contributed by atoms with E-state index in [0.717, 1.165) is 24.3 Å². The Labute approximate surface area is 103 Å². The summed E-state index contributed by atoms with van der Waals surface area (Å²) in [5, 5.41) is 4.05. The first-order valence-electron chi connectivity index (χ1n) is 5.75. The minimum absolute atomic E-state index is 0.539. The largest absolute Gasteiger partial charge is 0.491 e. The quantitative estimate of drug-likeness (QED) is 0.771. The highest BCUT2D eigenvalue weighted by atomic mass is 35.5. The van der Waals surface area contributed by atoms with Crippen LogP contribution in [-0.2, 0) is 0 Å². The summed E-state index contributed by atoms with van der Waals surface area (Å²) in [5.41, 5.74) is 1.15. The van der Waals surface area contributed by atoms with Gasteiger partial charge in [-0.1, -0.05) is 24.6 Å². The molecule has 0 amide bonds. The molecule has 0 fully saturated rings. The highest BCUT2D eigenvalue weighted by Gasteiger charge is 2.01. The highest BCUT2D eigenvalue weighted by molar-refractivity contribution is 6.32. The molecular weight excluding hydrogens is 222 g/mol. The van der Waals surface area contributed by atoms with Crippen molar-refractivity contribution in [2.45, 2.75) is 33.2 Å². The van der Waals surface area contributed by atoms with Crippen molar-refractivity contribution in [2.75, 3.05) is 13.2 Å². The van der Waals surface area contributed by atoms with Gasteiger partial charge >= 0.3 is 0 Å². The zero-order valence-corrected chi connectivity index (χ0v) is 11.0. The lowest BCUT2D eigenvalue weighted by Crippen LogP contribution is -2.29. The molecule has 1 N–H and O–H groups in total. The summed E-state index contributed by atoms with van der Waals surface area (Å²) in [6.07, 6.45) is 1.13. The molecule has 16 heavy (non-hydrogen) atoms. The van der Waals surface area contributed by atoms with E-state index in [4.69, 9.17) is 16.3 Å². The fourth-order valence-corrected chi connectivity index (χ4v) is 1.62. The van der Waals surface area contributed by atoms with Gasteiger partial charge in [-0.15, -0.1) is 0 Å². The normalized spacial score (nSPS) is 12.5. The van der Waals surface area contributed by atoms with Crippen molar-refractivity contribution in [1.82, 2.24) is 5.32 Å². The van der Waals surface area contributed by atoms with E-state index in [1.807, 2.05) is 25.1 Å². The molecule has 0 saturated carbocycles. The smallest absolute Gasteiger partial charge is 0.137 e. The van der Waals surface area contributed by atoms with Crippen molar-refractivity contribution in [3.63, 3.8) is 0 Å². The maximum atomic E-state index is 6.05. The summed E-state index contributed by atoms with van der Waals surface area (Å²) >= 11 is 6.05. The van der Waals surface area contributed by atoms with E-state index < -0.39 is 0 Å². The maximum Gasteiger partial charge on any atom is 0.137 e. The van der Waals surface area contributed by atoms with Crippen LogP contribution in [0.5, 0.6) is 5.75 Å². The van der Waals surface area contributed by atoms with Crippen LogP contribution in [0.1, 0.15) is 25.8 Å². The Bertz CT molecular complexity index is 328. The molecule has 0 aliphatic heterocycles. The number of halogens is 1. The van der Waals surface area contributed by atoms with Crippen LogP contribution >= 0.6 is 11.6 Å². The van der Waals surface area contributed by atoms with Crippen LogP contribution < -0.4 is 10.1 Å². The molecule has 0 aromatic heterocycles. The predicted octanol–water partition coefficient (Wildman–Crippen LogP) is 3.42. The molecule has 1 aromatic carbocycles. The fraction of sp³-hybridized carbons (Fsp3) is 0.538. The summed E-state index contributed by atoms with van der Waals surface area (Å²) in [5.74, 6) is 0.762. The van der Waals surface area contributed by atoms with Gasteiger partial charge in [-0.3, -0.25) is 0 Å². The zero-order valence-electron chi connectivity index (χ0n) is 10.2. The van der Waals surface area contributed by atoms with E-state index in [1.165, 1.54) is 0 Å². The van der Waals surface area contributed by atoms with Gasteiger partial charge in [0, 0.05) is 12.6 Å². The average Bonchev–Trinajstić information content (AvgIpc) is 2.26. The lowest BCUT2D eigenvalue weighted by molar-refractivity contribution is 0.306. The van der Waals surface area contributed by atoms with Crippen molar-refractivity contribution >= 4 is 11.6 Å². The second kappa shape index (κ2) is 6.77. The second-order valence-corrected chi connectivity index (χ2v) is 4.45. The van der Waals surface area contributed by atoms with Gasteiger partial charge < -0.3 is 10.1 Å². The monoisotopic (exact) mass is 241 g/mol. The van der Waals surface area contributed by atoms with E-state index in [9.17, 15) is 0 Å². The number of benzene rings is 1. The van der Waals surface area contributed by atoms with Gasteiger partial charge in [0.25, 0.3) is 0 Å². The third-order valence-electron chi connectivity index (χ3n) is 2.55. The molecule has 0 spiro atoms. The van der Waals surface area contributed by atoms with Crippen molar-refractivity contribution in [3.05, 3.63) is 28.8 Å². The Morgan fingerprint density at radius 1 is 1.44 bits per heavy atom. The Morgan fingerprint density at radius 3 is 2.81 bits per heavy atom. The van der Waals surface area contributed by atoms with E-state index in [1.54, 1.807) is 0 Å². The SMILES string of the molecule is CC[C@@H](C)NCCOc1ccc(C)cc1Cl. The third kappa shape index (κ3) is 4.42. The molecule has 0 aliphatic rings. The molecule has 0 bridgehead atoms. The first-order chi connectivity index (χ1) is 7.63. The van der Waals surface area contributed by atoms with Crippen molar-refractivity contribution in [3.8, 4) is 5.75 Å². The number of rotatable bonds is 6. The minimum atomic E-state index is 0.539. The van der Waals surface area contributed by atoms with E-state index in [-0.39, 0.29) is 0 Å². The Balaban J connectivity index is 2.32.